The van der Waals surface area contributed by atoms with Gasteiger partial charge in [0, 0.05) is 11.8 Å². The minimum atomic E-state index is -0.136. The van der Waals surface area contributed by atoms with Gasteiger partial charge < -0.3 is 9.59 Å². The van der Waals surface area contributed by atoms with Crippen molar-refractivity contribution in [3.05, 3.63) is 12.2 Å². The van der Waals surface area contributed by atoms with Gasteiger partial charge in [-0.25, -0.2) is 0 Å². The molecule has 0 unspecified atom stereocenters. The highest BCUT2D eigenvalue weighted by Crippen LogP contribution is 2.62. The monoisotopic (exact) mass is 234 g/mol. The summed E-state index contributed by atoms with van der Waals surface area (Å²) in [6.07, 6.45) is 4.22. The van der Waals surface area contributed by atoms with E-state index < -0.39 is 0 Å². The zero-order valence-corrected chi connectivity index (χ0v) is 11.0. The molecule has 0 heterocycles. The molecule has 0 aromatic rings. The quantitative estimate of drug-likeness (QED) is 0.556. The van der Waals surface area contributed by atoms with Gasteiger partial charge >= 0.3 is 0 Å². The Hall–Kier alpha value is -0.920. The Morgan fingerprint density at radius 2 is 2.00 bits per heavy atom. The molecule has 94 valence electrons. The van der Waals surface area contributed by atoms with Crippen LogP contribution < -0.4 is 0 Å². The van der Waals surface area contributed by atoms with Crippen LogP contribution in [0.3, 0.4) is 0 Å². The van der Waals surface area contributed by atoms with E-state index in [4.69, 9.17) is 0 Å². The molecule has 2 heteroatoms. The topological polar surface area (TPSA) is 34.1 Å². The predicted octanol–water partition coefficient (Wildman–Crippen LogP) is 2.87. The van der Waals surface area contributed by atoms with E-state index in [0.717, 1.165) is 31.0 Å². The first-order chi connectivity index (χ1) is 7.97. The summed E-state index contributed by atoms with van der Waals surface area (Å²) in [6.45, 7) is 10.6. The Bertz CT molecular complexity index is 358. The van der Waals surface area contributed by atoms with Crippen molar-refractivity contribution in [1.29, 1.82) is 0 Å². The van der Waals surface area contributed by atoms with E-state index in [-0.39, 0.29) is 23.2 Å². The Balaban J connectivity index is 2.46. The third kappa shape index (κ3) is 1.53. The summed E-state index contributed by atoms with van der Waals surface area (Å²) in [5.41, 5.74) is 0.862. The standard InChI is InChI=1S/C15H22O2/c1-9(2)11-5-6-15(4)10(3)12(7-16)14(11)13(15)8-17/h7-9,11-14H,3,5-6H2,1-2,4H3/t11-,12+,13+,14-,15+/m1/s1. The molecule has 2 saturated carbocycles. The first-order valence-electron chi connectivity index (χ1n) is 6.57. The summed E-state index contributed by atoms with van der Waals surface area (Å²) in [5.74, 6) is 1.08. The second-order valence-electron chi connectivity index (χ2n) is 6.29. The summed E-state index contributed by atoms with van der Waals surface area (Å²) in [6, 6.07) is 0. The van der Waals surface area contributed by atoms with Crippen molar-refractivity contribution < 1.29 is 9.59 Å². The number of hydrogen-bond acceptors (Lipinski definition) is 2. The first kappa shape index (κ1) is 12.5. The van der Waals surface area contributed by atoms with Crippen LogP contribution >= 0.6 is 0 Å². The second-order valence-corrected chi connectivity index (χ2v) is 6.29. The molecule has 0 N–H and O–H groups in total. The normalized spacial score (nSPS) is 45.1. The highest BCUT2D eigenvalue weighted by atomic mass is 16.1. The molecule has 0 amide bonds. The number of fused-ring (bicyclic) bond motifs is 2. The Morgan fingerprint density at radius 1 is 1.35 bits per heavy atom. The van der Waals surface area contributed by atoms with Crippen LogP contribution in [-0.2, 0) is 9.59 Å². The van der Waals surface area contributed by atoms with Crippen LogP contribution in [0.15, 0.2) is 12.2 Å². The van der Waals surface area contributed by atoms with E-state index >= 15 is 0 Å². The van der Waals surface area contributed by atoms with Crippen LogP contribution in [0.25, 0.3) is 0 Å². The maximum atomic E-state index is 11.4. The lowest BCUT2D eigenvalue weighted by Gasteiger charge is -2.41. The van der Waals surface area contributed by atoms with Gasteiger partial charge in [0.05, 0.1) is 0 Å². The highest BCUT2D eigenvalue weighted by Gasteiger charge is 2.58. The summed E-state index contributed by atoms with van der Waals surface area (Å²) >= 11 is 0. The lowest BCUT2D eigenvalue weighted by molar-refractivity contribution is -0.119. The lowest BCUT2D eigenvalue weighted by atomic mass is 9.62. The number of rotatable bonds is 3. The molecule has 0 aromatic heterocycles. The van der Waals surface area contributed by atoms with E-state index in [1.807, 2.05) is 0 Å². The van der Waals surface area contributed by atoms with Crippen LogP contribution in [0.4, 0.5) is 0 Å². The van der Waals surface area contributed by atoms with Gasteiger partial charge in [-0.15, -0.1) is 0 Å². The molecular weight excluding hydrogens is 212 g/mol. The molecule has 0 radical (unpaired) electrons. The number of allylic oxidation sites excluding steroid dienone is 1. The van der Waals surface area contributed by atoms with Crippen LogP contribution in [0, 0.1) is 35.0 Å². The molecule has 2 nitrogen and oxygen atoms in total. The molecule has 0 saturated heterocycles. The van der Waals surface area contributed by atoms with Crippen molar-refractivity contribution in [2.24, 2.45) is 35.0 Å². The third-order valence-electron chi connectivity index (χ3n) is 5.34. The summed E-state index contributed by atoms with van der Waals surface area (Å²) in [4.78, 5) is 22.8. The van der Waals surface area contributed by atoms with Crippen molar-refractivity contribution in [1.82, 2.24) is 0 Å². The van der Waals surface area contributed by atoms with Gasteiger partial charge in [0.1, 0.15) is 12.6 Å². The molecular formula is C15H22O2. The van der Waals surface area contributed by atoms with Gasteiger partial charge in [-0.3, -0.25) is 0 Å². The highest BCUT2D eigenvalue weighted by molar-refractivity contribution is 5.69. The molecule has 2 aliphatic carbocycles. The Labute approximate surface area is 103 Å². The number of carbonyl (C=O) groups excluding carboxylic acids is 2. The van der Waals surface area contributed by atoms with E-state index in [9.17, 15) is 9.59 Å². The molecule has 0 aromatic carbocycles. The van der Waals surface area contributed by atoms with Gasteiger partial charge in [-0.2, -0.15) is 0 Å². The van der Waals surface area contributed by atoms with Gasteiger partial charge in [-0.05, 0) is 36.0 Å². The van der Waals surface area contributed by atoms with Gasteiger partial charge in [-0.1, -0.05) is 32.9 Å². The van der Waals surface area contributed by atoms with Crippen molar-refractivity contribution in [3.8, 4) is 0 Å². The maximum absolute atomic E-state index is 11.4. The molecule has 2 rings (SSSR count). The summed E-state index contributed by atoms with van der Waals surface area (Å²) < 4.78 is 0. The van der Waals surface area contributed by atoms with E-state index in [1.165, 1.54) is 0 Å². The van der Waals surface area contributed by atoms with Gasteiger partial charge in [0.25, 0.3) is 0 Å². The lowest BCUT2D eigenvalue weighted by Crippen LogP contribution is -2.38. The van der Waals surface area contributed by atoms with E-state index in [0.29, 0.717) is 11.8 Å². The van der Waals surface area contributed by atoms with Crippen molar-refractivity contribution in [3.63, 3.8) is 0 Å². The SMILES string of the molecule is C=C1[C@H](C=O)[C@H]2[C@@H](C(C)C)CC[C@]1(C)[C@H]2C=O. The number of aldehydes is 2. The fraction of sp³-hybridized carbons (Fsp3) is 0.733. The summed E-state index contributed by atoms with van der Waals surface area (Å²) in [7, 11) is 0. The smallest absolute Gasteiger partial charge is 0.127 e. The average Bonchev–Trinajstić information content (AvgIpc) is 2.41. The fourth-order valence-corrected chi connectivity index (χ4v) is 4.19. The molecule has 5 atom stereocenters. The minimum absolute atomic E-state index is 0.00801. The molecule has 2 bridgehead atoms. The number of hydrogen-bond donors (Lipinski definition) is 0. The molecule has 17 heavy (non-hydrogen) atoms. The van der Waals surface area contributed by atoms with E-state index in [2.05, 4.69) is 27.4 Å². The number of carbonyl (C=O) groups is 2. The van der Waals surface area contributed by atoms with Crippen LogP contribution in [0.1, 0.15) is 33.6 Å². The predicted molar refractivity (Wildman–Crippen MR) is 67.4 cm³/mol. The average molecular weight is 234 g/mol. The van der Waals surface area contributed by atoms with Gasteiger partial charge in [0.2, 0.25) is 0 Å². The minimum Gasteiger partial charge on any atom is -0.303 e. The zero-order chi connectivity index (χ0) is 12.8. The fourth-order valence-electron chi connectivity index (χ4n) is 4.19. The Kier molecular flexibility index (Phi) is 3.01. The Morgan fingerprint density at radius 3 is 2.47 bits per heavy atom. The molecule has 2 fully saturated rings. The zero-order valence-electron chi connectivity index (χ0n) is 11.0. The largest absolute Gasteiger partial charge is 0.303 e. The third-order valence-corrected chi connectivity index (χ3v) is 5.34. The van der Waals surface area contributed by atoms with Crippen LogP contribution in [0.5, 0.6) is 0 Å². The van der Waals surface area contributed by atoms with E-state index in [1.54, 1.807) is 0 Å². The second kappa shape index (κ2) is 4.08. The summed E-state index contributed by atoms with van der Waals surface area (Å²) in [5, 5.41) is 0. The van der Waals surface area contributed by atoms with Crippen LogP contribution in [0.2, 0.25) is 0 Å². The maximum Gasteiger partial charge on any atom is 0.127 e. The molecule has 0 spiro atoms. The van der Waals surface area contributed by atoms with Crippen molar-refractivity contribution >= 4 is 12.6 Å². The van der Waals surface area contributed by atoms with Gasteiger partial charge in [0.15, 0.2) is 0 Å². The molecule has 2 aliphatic rings. The van der Waals surface area contributed by atoms with Crippen molar-refractivity contribution in [2.45, 2.75) is 33.6 Å². The molecule has 0 aliphatic heterocycles. The van der Waals surface area contributed by atoms with Crippen molar-refractivity contribution in [2.75, 3.05) is 0 Å². The first-order valence-corrected chi connectivity index (χ1v) is 6.57. The van der Waals surface area contributed by atoms with Crippen LogP contribution in [-0.4, -0.2) is 12.6 Å².